The average molecular weight is 771 g/mol. The summed E-state index contributed by atoms with van der Waals surface area (Å²) in [4.78, 5) is 16.3. The van der Waals surface area contributed by atoms with E-state index in [2.05, 4.69) is 174 Å². The van der Waals surface area contributed by atoms with Crippen LogP contribution in [0.5, 0.6) is 0 Å². The molecule has 4 aromatic heterocycles. The molecule has 0 aliphatic rings. The number of furan rings is 1. The van der Waals surface area contributed by atoms with Gasteiger partial charge in [0.05, 0.1) is 22.1 Å². The predicted octanol–water partition coefficient (Wildman–Crippen LogP) is 14.5. The van der Waals surface area contributed by atoms with Gasteiger partial charge >= 0.3 is 0 Å². The summed E-state index contributed by atoms with van der Waals surface area (Å²) in [5.41, 5.74) is 7.61. The maximum Gasteiger partial charge on any atom is 0.166 e. The lowest BCUT2D eigenvalue weighted by Gasteiger charge is -2.16. The number of rotatable bonds is 4. The standard InChI is InChI=1S/C53H30N4OS/c1-2-15-33-30-44-42(29-32(33)14-1)35-18-5-8-24-43(35)57(44)49-40(27-28-46-48(49)39-20-6-9-25-45(39)58-46)52-54-51(38-22-11-16-31-13-3-4-17-34(31)38)55-53(56-52)41-23-12-21-37-36-19-7-10-26-47(36)59-50(37)41/h1-30H. The molecule has 0 N–H and O–H groups in total. The highest BCUT2D eigenvalue weighted by Crippen LogP contribution is 2.45. The number of thiophene rings is 1. The first-order chi connectivity index (χ1) is 29.2. The molecule has 0 spiro atoms. The largest absolute Gasteiger partial charge is 0.456 e. The number of hydrogen-bond acceptors (Lipinski definition) is 5. The fourth-order valence-electron chi connectivity index (χ4n) is 9.19. The molecule has 13 aromatic rings. The van der Waals surface area contributed by atoms with Crippen molar-refractivity contribution in [3.05, 3.63) is 182 Å². The third kappa shape index (κ3) is 4.81. The summed E-state index contributed by atoms with van der Waals surface area (Å²) >= 11 is 1.78. The molecular formula is C53H30N4OS. The number of benzene rings is 9. The molecule has 274 valence electrons. The number of para-hydroxylation sites is 2. The Hall–Kier alpha value is -7.67. The maximum absolute atomic E-state index is 6.62. The molecule has 59 heavy (non-hydrogen) atoms. The average Bonchev–Trinajstić information content (AvgIpc) is 3.97. The fraction of sp³-hybridized carbons (Fsp3) is 0. The van der Waals surface area contributed by atoms with Gasteiger partial charge in [-0.1, -0.05) is 133 Å². The van der Waals surface area contributed by atoms with E-state index in [1.54, 1.807) is 11.3 Å². The van der Waals surface area contributed by atoms with Crippen LogP contribution in [0.2, 0.25) is 0 Å². The van der Waals surface area contributed by atoms with Gasteiger partial charge in [-0.3, -0.25) is 0 Å². The third-order valence-corrected chi connectivity index (χ3v) is 13.1. The van der Waals surface area contributed by atoms with Gasteiger partial charge in [0.1, 0.15) is 11.2 Å². The topological polar surface area (TPSA) is 56.7 Å². The molecule has 0 saturated carbocycles. The maximum atomic E-state index is 6.62. The summed E-state index contributed by atoms with van der Waals surface area (Å²) in [5.74, 6) is 1.84. The molecule has 0 amide bonds. The Morgan fingerprint density at radius 3 is 1.86 bits per heavy atom. The van der Waals surface area contributed by atoms with Crippen LogP contribution < -0.4 is 0 Å². The molecular weight excluding hydrogens is 741 g/mol. The Balaban J connectivity index is 1.19. The summed E-state index contributed by atoms with van der Waals surface area (Å²) in [5, 5.41) is 11.4. The fourth-order valence-corrected chi connectivity index (χ4v) is 10.4. The lowest BCUT2D eigenvalue weighted by Crippen LogP contribution is -2.04. The van der Waals surface area contributed by atoms with Crippen LogP contribution >= 0.6 is 11.3 Å². The minimum absolute atomic E-state index is 0.588. The molecule has 0 unspecified atom stereocenters. The molecule has 0 aliphatic heterocycles. The van der Waals surface area contributed by atoms with Gasteiger partial charge in [-0.25, -0.2) is 15.0 Å². The van der Waals surface area contributed by atoms with Crippen LogP contribution in [0.3, 0.4) is 0 Å². The van der Waals surface area contributed by atoms with Gasteiger partial charge in [0, 0.05) is 53.0 Å². The molecule has 13 rings (SSSR count). The van der Waals surface area contributed by atoms with E-state index in [-0.39, 0.29) is 0 Å². The Kier molecular flexibility index (Phi) is 6.82. The van der Waals surface area contributed by atoms with Crippen molar-refractivity contribution in [2.24, 2.45) is 0 Å². The van der Waals surface area contributed by atoms with E-state index in [1.165, 1.54) is 37.0 Å². The van der Waals surface area contributed by atoms with Crippen molar-refractivity contribution in [1.29, 1.82) is 0 Å². The van der Waals surface area contributed by atoms with Crippen LogP contribution in [-0.4, -0.2) is 19.5 Å². The molecule has 0 atom stereocenters. The van der Waals surface area contributed by atoms with E-state index in [1.807, 2.05) is 12.1 Å². The number of fused-ring (bicyclic) bond motifs is 11. The number of hydrogen-bond donors (Lipinski definition) is 0. The van der Waals surface area contributed by atoms with Crippen LogP contribution in [0, 0.1) is 0 Å². The van der Waals surface area contributed by atoms with Gasteiger partial charge in [0.2, 0.25) is 0 Å². The van der Waals surface area contributed by atoms with E-state index in [0.717, 1.165) is 70.8 Å². The number of nitrogens with zero attached hydrogens (tertiary/aromatic N) is 4. The molecule has 0 bridgehead atoms. The normalized spacial score (nSPS) is 12.1. The van der Waals surface area contributed by atoms with Gasteiger partial charge in [-0.15, -0.1) is 11.3 Å². The zero-order chi connectivity index (χ0) is 38.6. The molecule has 0 radical (unpaired) electrons. The zero-order valence-electron chi connectivity index (χ0n) is 31.4. The van der Waals surface area contributed by atoms with Crippen molar-refractivity contribution in [3.63, 3.8) is 0 Å². The van der Waals surface area contributed by atoms with Gasteiger partial charge in [0.15, 0.2) is 17.5 Å². The first kappa shape index (κ1) is 32.4. The molecule has 4 heterocycles. The minimum Gasteiger partial charge on any atom is -0.456 e. The van der Waals surface area contributed by atoms with E-state index < -0.39 is 0 Å². The van der Waals surface area contributed by atoms with Gasteiger partial charge in [-0.2, -0.15) is 0 Å². The molecule has 6 heteroatoms. The van der Waals surface area contributed by atoms with Gasteiger partial charge in [-0.05, 0) is 70.1 Å². The Morgan fingerprint density at radius 1 is 0.390 bits per heavy atom. The Labute approximate surface area is 341 Å². The summed E-state index contributed by atoms with van der Waals surface area (Å²) in [7, 11) is 0. The highest BCUT2D eigenvalue weighted by Gasteiger charge is 2.25. The summed E-state index contributed by atoms with van der Waals surface area (Å²) in [6, 6.07) is 64.3. The second-order valence-electron chi connectivity index (χ2n) is 15.1. The van der Waals surface area contributed by atoms with E-state index in [0.29, 0.717) is 17.5 Å². The summed E-state index contributed by atoms with van der Waals surface area (Å²) in [6.07, 6.45) is 0. The lowest BCUT2D eigenvalue weighted by atomic mass is 10.0. The summed E-state index contributed by atoms with van der Waals surface area (Å²) < 4.78 is 11.4. The highest BCUT2D eigenvalue weighted by atomic mass is 32.1. The SMILES string of the molecule is c1ccc2cc3c(cc2c1)c1ccccc1n3-c1c(-c2nc(-c3cccc4ccccc34)nc(-c3cccc4c3sc3ccccc34)n2)ccc2oc3ccccc3c12. The molecule has 0 saturated heterocycles. The Bertz CT molecular complexity index is 3870. The second kappa shape index (κ2) is 12.4. The lowest BCUT2D eigenvalue weighted by molar-refractivity contribution is 0.669. The minimum atomic E-state index is 0.588. The van der Waals surface area contributed by atoms with Crippen LogP contribution in [0.1, 0.15) is 0 Å². The van der Waals surface area contributed by atoms with Gasteiger partial charge in [0.25, 0.3) is 0 Å². The second-order valence-corrected chi connectivity index (χ2v) is 16.2. The first-order valence-electron chi connectivity index (χ1n) is 19.8. The number of aromatic nitrogens is 4. The quantitative estimate of drug-likeness (QED) is 0.179. The van der Waals surface area contributed by atoms with Crippen molar-refractivity contribution in [1.82, 2.24) is 19.5 Å². The first-order valence-corrected chi connectivity index (χ1v) is 20.6. The van der Waals surface area contributed by atoms with Crippen molar-refractivity contribution >= 4 is 96.8 Å². The zero-order valence-corrected chi connectivity index (χ0v) is 32.2. The van der Waals surface area contributed by atoms with Crippen LogP contribution in [0.4, 0.5) is 0 Å². The van der Waals surface area contributed by atoms with Crippen molar-refractivity contribution in [3.8, 4) is 39.9 Å². The van der Waals surface area contributed by atoms with Crippen molar-refractivity contribution in [2.75, 3.05) is 0 Å². The smallest absolute Gasteiger partial charge is 0.166 e. The van der Waals surface area contributed by atoms with E-state index in [9.17, 15) is 0 Å². The monoisotopic (exact) mass is 770 g/mol. The molecule has 5 nitrogen and oxygen atoms in total. The van der Waals surface area contributed by atoms with E-state index >= 15 is 0 Å². The highest BCUT2D eigenvalue weighted by molar-refractivity contribution is 7.26. The molecule has 0 aliphatic carbocycles. The molecule has 9 aromatic carbocycles. The molecule has 0 fully saturated rings. The van der Waals surface area contributed by atoms with Crippen LogP contribution in [0.15, 0.2) is 186 Å². The van der Waals surface area contributed by atoms with Crippen LogP contribution in [-0.2, 0) is 0 Å². The Morgan fingerprint density at radius 2 is 1.00 bits per heavy atom. The van der Waals surface area contributed by atoms with Crippen molar-refractivity contribution in [2.45, 2.75) is 0 Å². The predicted molar refractivity (Wildman–Crippen MR) is 246 cm³/mol. The van der Waals surface area contributed by atoms with Crippen molar-refractivity contribution < 1.29 is 4.42 Å². The van der Waals surface area contributed by atoms with E-state index in [4.69, 9.17) is 19.4 Å². The van der Waals surface area contributed by atoms with Gasteiger partial charge < -0.3 is 8.98 Å². The summed E-state index contributed by atoms with van der Waals surface area (Å²) in [6.45, 7) is 0. The van der Waals surface area contributed by atoms with Crippen LogP contribution in [0.25, 0.3) is 125 Å². The third-order valence-electron chi connectivity index (χ3n) is 11.8.